The number of hydrogen-bond donors (Lipinski definition) is 2. The minimum absolute atomic E-state index is 0.150. The third-order valence-electron chi connectivity index (χ3n) is 4.90. The lowest BCUT2D eigenvalue weighted by molar-refractivity contribution is -0.704. The summed E-state index contributed by atoms with van der Waals surface area (Å²) in [6, 6.07) is 24.2. The third kappa shape index (κ3) is 4.58. The van der Waals surface area contributed by atoms with E-state index in [9.17, 15) is 9.59 Å². The van der Waals surface area contributed by atoms with Gasteiger partial charge in [0.05, 0.1) is 0 Å². The average Bonchev–Trinajstić information content (AvgIpc) is 3.44. The highest BCUT2D eigenvalue weighted by Gasteiger charge is 2.23. The van der Waals surface area contributed by atoms with Gasteiger partial charge in [-0.2, -0.15) is 0 Å². The average molecular weight is 460 g/mol. The summed E-state index contributed by atoms with van der Waals surface area (Å²) in [5, 5.41) is 5.85. The highest BCUT2D eigenvalue weighted by atomic mass is 32.2. The molecule has 0 saturated carbocycles. The van der Waals surface area contributed by atoms with Gasteiger partial charge in [0.15, 0.2) is 5.58 Å². The quantitative estimate of drug-likeness (QED) is 0.280. The van der Waals surface area contributed by atoms with Crippen molar-refractivity contribution in [1.82, 2.24) is 10.3 Å². The van der Waals surface area contributed by atoms with Crippen LogP contribution < -0.4 is 15.6 Å². The molecule has 0 bridgehead atoms. The van der Waals surface area contributed by atoms with Gasteiger partial charge in [-0.25, -0.2) is 9.78 Å². The molecular weight excluding hydrogens is 440 g/mol. The molecule has 0 atom stereocenters. The molecule has 0 fully saturated rings. The number of thioether (sulfide) groups is 1. The summed E-state index contributed by atoms with van der Waals surface area (Å²) in [5.74, 6) is 0.799. The number of para-hydroxylation sites is 3. The molecule has 0 radical (unpaired) electrons. The van der Waals surface area contributed by atoms with Crippen LogP contribution in [0.25, 0.3) is 28.2 Å². The molecule has 9 heteroatoms. The van der Waals surface area contributed by atoms with E-state index in [0.717, 1.165) is 22.4 Å². The molecular formula is C24H19N4O4S+. The van der Waals surface area contributed by atoms with E-state index in [1.165, 1.54) is 11.8 Å². The van der Waals surface area contributed by atoms with E-state index in [1.807, 2.05) is 66.7 Å². The van der Waals surface area contributed by atoms with Crippen molar-refractivity contribution < 1.29 is 18.4 Å². The molecule has 2 N–H and O–H groups in total. The number of anilines is 1. The van der Waals surface area contributed by atoms with E-state index < -0.39 is 5.63 Å². The first-order chi connectivity index (χ1) is 16.2. The van der Waals surface area contributed by atoms with Crippen molar-refractivity contribution in [3.05, 3.63) is 89.3 Å². The fourth-order valence-corrected chi connectivity index (χ4v) is 4.20. The number of aromatic nitrogens is 3. The van der Waals surface area contributed by atoms with Crippen LogP contribution >= 0.6 is 11.8 Å². The minimum Gasteiger partial charge on any atom is -0.436 e. The molecule has 0 spiro atoms. The first-order valence-corrected chi connectivity index (χ1v) is 11.2. The van der Waals surface area contributed by atoms with Gasteiger partial charge in [0.25, 0.3) is 0 Å². The van der Waals surface area contributed by atoms with Gasteiger partial charge in [0.2, 0.25) is 17.5 Å². The van der Waals surface area contributed by atoms with Gasteiger partial charge in [-0.05, 0) is 58.1 Å². The van der Waals surface area contributed by atoms with Gasteiger partial charge in [-0.1, -0.05) is 30.3 Å². The number of nitrogens with one attached hydrogen (secondary N) is 2. The van der Waals surface area contributed by atoms with Gasteiger partial charge in [-0.15, -0.1) is 0 Å². The monoisotopic (exact) mass is 459 g/mol. The second kappa shape index (κ2) is 9.17. The predicted octanol–water partition coefficient (Wildman–Crippen LogP) is 4.17. The van der Waals surface area contributed by atoms with Crippen molar-refractivity contribution in [2.45, 2.75) is 11.4 Å². The molecule has 164 valence electrons. The maximum atomic E-state index is 12.4. The minimum atomic E-state index is -0.473. The summed E-state index contributed by atoms with van der Waals surface area (Å²) in [6.45, 7) is 0. The van der Waals surface area contributed by atoms with Gasteiger partial charge in [0, 0.05) is 35.6 Å². The predicted molar refractivity (Wildman–Crippen MR) is 124 cm³/mol. The Morgan fingerprint density at radius 3 is 2.55 bits per heavy atom. The Bertz CT molecular complexity index is 1420. The van der Waals surface area contributed by atoms with E-state index in [1.54, 1.807) is 16.8 Å². The molecule has 0 aliphatic heterocycles. The fraction of sp³-hybridized carbons (Fsp3) is 0.0833. The molecule has 5 rings (SSSR count). The van der Waals surface area contributed by atoms with E-state index in [-0.39, 0.29) is 12.3 Å². The zero-order valence-electron chi connectivity index (χ0n) is 17.4. The number of hydrogen-bond acceptors (Lipinski definition) is 6. The molecule has 5 aromatic rings. The lowest BCUT2D eigenvalue weighted by Crippen LogP contribution is -2.36. The topological polar surface area (TPSA) is 105 Å². The van der Waals surface area contributed by atoms with Crippen molar-refractivity contribution in [2.24, 2.45) is 0 Å². The van der Waals surface area contributed by atoms with E-state index in [0.29, 0.717) is 22.4 Å². The van der Waals surface area contributed by atoms with Crippen LogP contribution in [0.15, 0.2) is 97.6 Å². The van der Waals surface area contributed by atoms with Crippen LogP contribution in [0.5, 0.6) is 0 Å². The molecule has 2 aromatic heterocycles. The van der Waals surface area contributed by atoms with Crippen LogP contribution in [-0.2, 0) is 4.79 Å². The van der Waals surface area contributed by atoms with Crippen LogP contribution in [0.4, 0.5) is 5.69 Å². The Labute approximate surface area is 192 Å². The van der Waals surface area contributed by atoms with Crippen molar-refractivity contribution in [3.63, 3.8) is 0 Å². The van der Waals surface area contributed by atoms with Crippen molar-refractivity contribution in [2.75, 3.05) is 11.1 Å². The molecule has 0 aliphatic rings. The van der Waals surface area contributed by atoms with Crippen LogP contribution in [0, 0.1) is 0 Å². The molecule has 1 amide bonds. The summed E-state index contributed by atoms with van der Waals surface area (Å²) in [7, 11) is 0. The first-order valence-electron chi connectivity index (χ1n) is 10.2. The fourth-order valence-electron chi connectivity index (χ4n) is 3.29. The number of nitrogens with zero attached hydrogens (tertiary/aromatic N) is 2. The zero-order chi connectivity index (χ0) is 22.6. The van der Waals surface area contributed by atoms with E-state index in [4.69, 9.17) is 8.94 Å². The van der Waals surface area contributed by atoms with Gasteiger partial charge in [0.1, 0.15) is 5.52 Å². The maximum Gasteiger partial charge on any atom is 0.442 e. The molecule has 8 nitrogen and oxygen atoms in total. The van der Waals surface area contributed by atoms with Gasteiger partial charge >= 0.3 is 10.7 Å². The molecule has 3 aromatic carbocycles. The smallest absolute Gasteiger partial charge is 0.436 e. The lowest BCUT2D eigenvalue weighted by Gasteiger charge is -2.05. The molecule has 0 saturated heterocycles. The number of benzene rings is 3. The highest BCUT2D eigenvalue weighted by molar-refractivity contribution is 7.99. The summed E-state index contributed by atoms with van der Waals surface area (Å²) in [4.78, 5) is 28.9. The Balaban J connectivity index is 1.18. The molecule has 0 aliphatic carbocycles. The first kappa shape index (κ1) is 20.8. The maximum absolute atomic E-state index is 12.4. The van der Waals surface area contributed by atoms with Crippen LogP contribution in [0.3, 0.4) is 0 Å². The number of rotatable bonds is 7. The van der Waals surface area contributed by atoms with Crippen LogP contribution in [0.1, 0.15) is 6.42 Å². The number of aromatic amines is 1. The van der Waals surface area contributed by atoms with Crippen molar-refractivity contribution >= 4 is 34.5 Å². The standard InChI is InChI=1S/C24H18N4O4S/c29-21(14-15-33-23-24(30)32-27-28(23)18-6-2-1-3-7-18)25-17-12-10-16(11-13-17)22-26-19-8-4-5-9-20(19)31-22/h1-13H,14-15H2,(H-,25,26,27,29,30)/p+1. The van der Waals surface area contributed by atoms with Gasteiger partial charge < -0.3 is 9.73 Å². The zero-order valence-corrected chi connectivity index (χ0v) is 18.2. The van der Waals surface area contributed by atoms with Crippen molar-refractivity contribution in [1.29, 1.82) is 0 Å². The molecule has 2 heterocycles. The highest BCUT2D eigenvalue weighted by Crippen LogP contribution is 2.25. The molecule has 0 unspecified atom stereocenters. The van der Waals surface area contributed by atoms with Gasteiger partial charge in [-0.3, -0.25) is 9.32 Å². The van der Waals surface area contributed by atoms with E-state index >= 15 is 0 Å². The largest absolute Gasteiger partial charge is 0.442 e. The van der Waals surface area contributed by atoms with Crippen LogP contribution in [-0.4, -0.2) is 21.9 Å². The van der Waals surface area contributed by atoms with E-state index in [2.05, 4.69) is 15.6 Å². The summed E-state index contributed by atoms with van der Waals surface area (Å²) in [6.07, 6.45) is 0.233. The van der Waals surface area contributed by atoms with Crippen LogP contribution in [0.2, 0.25) is 0 Å². The summed E-state index contributed by atoms with van der Waals surface area (Å²) < 4.78 is 12.3. The summed E-state index contributed by atoms with van der Waals surface area (Å²) >= 11 is 1.26. The number of oxazole rings is 1. The second-order valence-corrected chi connectivity index (χ2v) is 8.25. The number of carbonyl (C=O) groups is 1. The lowest BCUT2D eigenvalue weighted by atomic mass is 10.2. The number of fused-ring (bicyclic) bond motifs is 1. The second-order valence-electron chi connectivity index (χ2n) is 7.17. The molecule has 33 heavy (non-hydrogen) atoms. The number of carbonyl (C=O) groups excluding carboxylic acids is 1. The number of H-pyrrole nitrogens is 1. The van der Waals surface area contributed by atoms with Crippen molar-refractivity contribution in [3.8, 4) is 17.1 Å². The Kier molecular flexibility index (Phi) is 5.77. The normalized spacial score (nSPS) is 11.0. The third-order valence-corrected chi connectivity index (χ3v) is 5.93. The Morgan fingerprint density at radius 2 is 1.76 bits per heavy atom. The Hall–Kier alpha value is -4.11. The number of amides is 1. The summed E-state index contributed by atoms with van der Waals surface area (Å²) in [5.41, 5.74) is 3.32. The SMILES string of the molecule is O=C(CCSc1c(=O)o[nH][n+]1-c1ccccc1)Nc1ccc(-c2nc3ccccc3o2)cc1. The Morgan fingerprint density at radius 1 is 1.00 bits per heavy atom.